The van der Waals surface area contributed by atoms with Crippen molar-refractivity contribution in [3.05, 3.63) is 0 Å². The minimum atomic E-state index is 0.593. The fourth-order valence-corrected chi connectivity index (χ4v) is 2.26. The molecule has 0 fully saturated rings. The summed E-state index contributed by atoms with van der Waals surface area (Å²) in [5.74, 6) is 1.43. The van der Waals surface area contributed by atoms with Gasteiger partial charge in [0.15, 0.2) is 0 Å². The molecule has 0 aliphatic rings. The predicted octanol–water partition coefficient (Wildman–Crippen LogP) is 4.17. The van der Waals surface area contributed by atoms with Gasteiger partial charge >= 0.3 is 0 Å². The third-order valence-electron chi connectivity index (χ3n) is 3.51. The first kappa shape index (κ1) is 18.2. The number of rotatable bonds is 12. The zero-order valence-corrected chi connectivity index (χ0v) is 13.5. The molecule has 0 heterocycles. The second-order valence-electron chi connectivity index (χ2n) is 5.31. The lowest BCUT2D eigenvalue weighted by Crippen LogP contribution is -2.38. The molecule has 0 aliphatic carbocycles. The van der Waals surface area contributed by atoms with E-state index < -0.39 is 0 Å². The number of unbranched alkanes of at least 4 members (excludes halogenated alkanes) is 1. The molecule has 0 rings (SSSR count). The summed E-state index contributed by atoms with van der Waals surface area (Å²) < 4.78 is 5.49. The second-order valence-corrected chi connectivity index (χ2v) is 5.68. The van der Waals surface area contributed by atoms with E-state index >= 15 is 0 Å². The SMILES string of the molecule is CCCCC(CC)CN(CCOCCCl)C(C)C. The number of ether oxygens (including phenoxy) is 1. The Balaban J connectivity index is 3.98. The highest BCUT2D eigenvalue weighted by atomic mass is 35.5. The van der Waals surface area contributed by atoms with Crippen molar-refractivity contribution in [3.8, 4) is 0 Å². The fraction of sp³-hybridized carbons (Fsp3) is 1.00. The van der Waals surface area contributed by atoms with Crippen LogP contribution in [0, 0.1) is 5.92 Å². The summed E-state index contributed by atoms with van der Waals surface area (Å²) in [7, 11) is 0. The van der Waals surface area contributed by atoms with Gasteiger partial charge in [0.25, 0.3) is 0 Å². The molecule has 2 nitrogen and oxygen atoms in total. The molecule has 18 heavy (non-hydrogen) atoms. The summed E-state index contributed by atoms with van der Waals surface area (Å²) in [4.78, 5) is 2.54. The topological polar surface area (TPSA) is 12.5 Å². The number of nitrogens with zero attached hydrogens (tertiary/aromatic N) is 1. The Bertz CT molecular complexity index is 176. The van der Waals surface area contributed by atoms with Gasteiger partial charge in [-0.1, -0.05) is 33.1 Å². The Kier molecular flexibility index (Phi) is 12.4. The normalized spacial score (nSPS) is 13.5. The summed E-state index contributed by atoms with van der Waals surface area (Å²) >= 11 is 5.60. The lowest BCUT2D eigenvalue weighted by atomic mass is 9.98. The van der Waals surface area contributed by atoms with Crippen LogP contribution in [0.2, 0.25) is 0 Å². The monoisotopic (exact) mass is 277 g/mol. The van der Waals surface area contributed by atoms with Crippen LogP contribution >= 0.6 is 11.6 Å². The molecule has 0 saturated heterocycles. The van der Waals surface area contributed by atoms with E-state index in [1.54, 1.807) is 0 Å². The van der Waals surface area contributed by atoms with Gasteiger partial charge in [-0.25, -0.2) is 0 Å². The third-order valence-corrected chi connectivity index (χ3v) is 3.66. The molecule has 1 atom stereocenters. The van der Waals surface area contributed by atoms with E-state index in [9.17, 15) is 0 Å². The van der Waals surface area contributed by atoms with Crippen LogP contribution in [0.25, 0.3) is 0 Å². The van der Waals surface area contributed by atoms with Crippen LogP contribution in [0.15, 0.2) is 0 Å². The summed E-state index contributed by atoms with van der Waals surface area (Å²) in [6.07, 6.45) is 5.30. The molecule has 0 N–H and O–H groups in total. The molecule has 0 radical (unpaired) electrons. The van der Waals surface area contributed by atoms with Crippen LogP contribution in [0.5, 0.6) is 0 Å². The second kappa shape index (κ2) is 12.3. The Morgan fingerprint density at radius 1 is 1.17 bits per heavy atom. The highest BCUT2D eigenvalue weighted by molar-refractivity contribution is 6.17. The predicted molar refractivity (Wildman–Crippen MR) is 81.6 cm³/mol. The number of hydrogen-bond acceptors (Lipinski definition) is 2. The maximum atomic E-state index is 5.60. The molecule has 0 bridgehead atoms. The quantitative estimate of drug-likeness (QED) is 0.392. The third kappa shape index (κ3) is 9.18. The Labute approximate surface area is 119 Å². The largest absolute Gasteiger partial charge is 0.379 e. The number of hydrogen-bond donors (Lipinski definition) is 0. The first-order valence-electron chi connectivity index (χ1n) is 7.53. The van der Waals surface area contributed by atoms with Crippen molar-refractivity contribution in [2.24, 2.45) is 5.92 Å². The molecule has 0 spiro atoms. The standard InChI is InChI=1S/C15H32ClNO/c1-5-7-8-15(6-2)13-17(14(3)4)10-12-18-11-9-16/h14-15H,5-13H2,1-4H3. The van der Waals surface area contributed by atoms with Gasteiger partial charge in [0, 0.05) is 25.0 Å². The molecular formula is C15H32ClNO. The van der Waals surface area contributed by atoms with Crippen molar-refractivity contribution in [1.29, 1.82) is 0 Å². The van der Waals surface area contributed by atoms with Crippen LogP contribution in [-0.4, -0.2) is 43.1 Å². The number of alkyl halides is 1. The average Bonchev–Trinajstić information content (AvgIpc) is 2.36. The first-order chi connectivity index (χ1) is 8.65. The van der Waals surface area contributed by atoms with Crippen molar-refractivity contribution in [1.82, 2.24) is 4.90 Å². The van der Waals surface area contributed by atoms with Gasteiger partial charge in [-0.2, -0.15) is 0 Å². The van der Waals surface area contributed by atoms with Gasteiger partial charge in [-0.3, -0.25) is 4.90 Å². The van der Waals surface area contributed by atoms with E-state index in [0.717, 1.165) is 19.1 Å². The van der Waals surface area contributed by atoms with E-state index in [4.69, 9.17) is 16.3 Å². The van der Waals surface area contributed by atoms with Crippen LogP contribution in [0.4, 0.5) is 0 Å². The van der Waals surface area contributed by atoms with Gasteiger partial charge in [0.2, 0.25) is 0 Å². The molecule has 3 heteroatoms. The van der Waals surface area contributed by atoms with Crippen molar-refractivity contribution in [2.45, 2.75) is 59.4 Å². The summed E-state index contributed by atoms with van der Waals surface area (Å²) in [6.45, 7) is 12.8. The van der Waals surface area contributed by atoms with Gasteiger partial charge in [-0.05, 0) is 26.2 Å². The van der Waals surface area contributed by atoms with Gasteiger partial charge in [0.1, 0.15) is 0 Å². The van der Waals surface area contributed by atoms with E-state index in [1.165, 1.54) is 32.2 Å². The molecule has 110 valence electrons. The molecule has 0 aromatic carbocycles. The maximum absolute atomic E-state index is 5.60. The van der Waals surface area contributed by atoms with Crippen LogP contribution in [-0.2, 0) is 4.74 Å². The minimum absolute atomic E-state index is 0.593. The molecule has 1 unspecified atom stereocenters. The van der Waals surface area contributed by atoms with Crippen molar-refractivity contribution in [2.75, 3.05) is 32.2 Å². The van der Waals surface area contributed by atoms with E-state index in [2.05, 4.69) is 32.6 Å². The number of halogens is 1. The van der Waals surface area contributed by atoms with Gasteiger partial charge in [-0.15, -0.1) is 11.6 Å². The highest BCUT2D eigenvalue weighted by Gasteiger charge is 2.14. The van der Waals surface area contributed by atoms with Crippen molar-refractivity contribution < 1.29 is 4.74 Å². The highest BCUT2D eigenvalue weighted by Crippen LogP contribution is 2.15. The zero-order chi connectivity index (χ0) is 13.8. The summed E-state index contributed by atoms with van der Waals surface area (Å²) in [5.41, 5.74) is 0. The zero-order valence-electron chi connectivity index (χ0n) is 12.8. The van der Waals surface area contributed by atoms with E-state index in [0.29, 0.717) is 18.5 Å². The van der Waals surface area contributed by atoms with E-state index in [-0.39, 0.29) is 0 Å². The van der Waals surface area contributed by atoms with Crippen molar-refractivity contribution >= 4 is 11.6 Å². The summed E-state index contributed by atoms with van der Waals surface area (Å²) in [5, 5.41) is 0. The fourth-order valence-electron chi connectivity index (χ4n) is 2.15. The molecule has 0 saturated carbocycles. The van der Waals surface area contributed by atoms with Gasteiger partial charge < -0.3 is 4.74 Å². The minimum Gasteiger partial charge on any atom is -0.379 e. The van der Waals surface area contributed by atoms with Crippen LogP contribution < -0.4 is 0 Å². The molecule has 0 aliphatic heterocycles. The Hall–Kier alpha value is 0.210. The van der Waals surface area contributed by atoms with E-state index in [1.807, 2.05) is 0 Å². The molecule has 0 aromatic heterocycles. The molecule has 0 amide bonds. The van der Waals surface area contributed by atoms with Crippen LogP contribution in [0.1, 0.15) is 53.4 Å². The molecular weight excluding hydrogens is 246 g/mol. The maximum Gasteiger partial charge on any atom is 0.0602 e. The summed E-state index contributed by atoms with van der Waals surface area (Å²) in [6, 6.07) is 0.597. The van der Waals surface area contributed by atoms with Gasteiger partial charge in [0.05, 0.1) is 13.2 Å². The Morgan fingerprint density at radius 3 is 2.39 bits per heavy atom. The lowest BCUT2D eigenvalue weighted by Gasteiger charge is -2.30. The van der Waals surface area contributed by atoms with Crippen molar-refractivity contribution in [3.63, 3.8) is 0 Å². The first-order valence-corrected chi connectivity index (χ1v) is 8.06. The molecule has 0 aromatic rings. The lowest BCUT2D eigenvalue weighted by molar-refractivity contribution is 0.0911. The smallest absolute Gasteiger partial charge is 0.0602 e. The average molecular weight is 278 g/mol. The van der Waals surface area contributed by atoms with Crippen LogP contribution in [0.3, 0.4) is 0 Å². The Morgan fingerprint density at radius 2 is 1.89 bits per heavy atom.